The summed E-state index contributed by atoms with van der Waals surface area (Å²) in [5.41, 5.74) is -0.828. The van der Waals surface area contributed by atoms with E-state index >= 15 is 0 Å². The lowest BCUT2D eigenvalue weighted by molar-refractivity contribution is -0.385. The molecule has 1 aromatic heterocycles. The molecule has 0 radical (unpaired) electrons. The van der Waals surface area contributed by atoms with Crippen LogP contribution in [0.3, 0.4) is 0 Å². The Morgan fingerprint density at radius 3 is 2.12 bits per heavy atom. The van der Waals surface area contributed by atoms with Crippen molar-refractivity contribution in [1.82, 2.24) is 20.4 Å². The number of rotatable bonds is 6. The van der Waals surface area contributed by atoms with E-state index in [0.29, 0.717) is 11.1 Å². The van der Waals surface area contributed by atoms with Crippen LogP contribution in [0, 0.1) is 20.2 Å². The van der Waals surface area contributed by atoms with Crippen molar-refractivity contribution in [2.45, 2.75) is 19.0 Å². The minimum atomic E-state index is -1.42. The van der Waals surface area contributed by atoms with Gasteiger partial charge in [0, 0.05) is 29.8 Å². The summed E-state index contributed by atoms with van der Waals surface area (Å²) in [5.74, 6) is -0.471. The van der Waals surface area contributed by atoms with Crippen LogP contribution in [0.25, 0.3) is 11.4 Å². The van der Waals surface area contributed by atoms with Gasteiger partial charge in [0.25, 0.3) is 17.3 Å². The van der Waals surface area contributed by atoms with E-state index < -0.39 is 27.3 Å². The van der Waals surface area contributed by atoms with Crippen molar-refractivity contribution >= 4 is 23.3 Å². The largest absolute Gasteiger partial charge is 0.337 e. The van der Waals surface area contributed by atoms with Crippen molar-refractivity contribution in [3.63, 3.8) is 0 Å². The highest BCUT2D eigenvalue weighted by Crippen LogP contribution is 2.31. The predicted octanol–water partition coefficient (Wildman–Crippen LogP) is 2.52. The fourth-order valence-electron chi connectivity index (χ4n) is 3.26. The predicted molar refractivity (Wildman–Crippen MR) is 106 cm³/mol. The summed E-state index contributed by atoms with van der Waals surface area (Å²) in [4.78, 5) is 51.0. The van der Waals surface area contributed by atoms with Crippen LogP contribution in [-0.4, -0.2) is 36.8 Å². The van der Waals surface area contributed by atoms with Gasteiger partial charge in [-0.25, -0.2) is 4.79 Å². The number of carbonyl (C=O) groups excluding carboxylic acids is 2. The molecule has 1 unspecified atom stereocenters. The zero-order chi connectivity index (χ0) is 23.0. The number of imide groups is 1. The molecule has 13 nitrogen and oxygen atoms in total. The van der Waals surface area contributed by atoms with Crippen LogP contribution in [0.1, 0.15) is 18.4 Å². The van der Waals surface area contributed by atoms with Crippen LogP contribution in [-0.2, 0) is 16.9 Å². The third kappa shape index (κ3) is 3.51. The molecule has 3 aromatic rings. The zero-order valence-electron chi connectivity index (χ0n) is 16.4. The number of amides is 3. The van der Waals surface area contributed by atoms with Crippen LogP contribution < -0.4 is 5.32 Å². The summed E-state index contributed by atoms with van der Waals surface area (Å²) in [5, 5.41) is 28.0. The molecule has 1 aliphatic rings. The number of nitro groups is 2. The zero-order valence-corrected chi connectivity index (χ0v) is 16.4. The highest BCUT2D eigenvalue weighted by molar-refractivity contribution is 6.07. The molecule has 13 heteroatoms. The summed E-state index contributed by atoms with van der Waals surface area (Å²) in [6, 6.07) is 10.1. The Kier molecular flexibility index (Phi) is 4.85. The van der Waals surface area contributed by atoms with E-state index in [1.807, 2.05) is 0 Å². The average molecular weight is 438 g/mol. The van der Waals surface area contributed by atoms with Crippen molar-refractivity contribution in [1.29, 1.82) is 0 Å². The van der Waals surface area contributed by atoms with Gasteiger partial charge in [-0.15, -0.1) is 0 Å². The average Bonchev–Trinajstić information content (AvgIpc) is 3.33. The standard InChI is InChI=1S/C19H14N6O7/c1-19(12-4-8-14(9-5-12)25(30)31)17(26)23(18(27)21-19)10-15-20-16(22-32-15)11-2-6-13(7-3-11)24(28)29/h2-9H,10H2,1H3,(H,21,27). The van der Waals surface area contributed by atoms with Gasteiger partial charge in [0.1, 0.15) is 12.1 Å². The first kappa shape index (κ1) is 20.6. The number of aromatic nitrogens is 2. The van der Waals surface area contributed by atoms with E-state index in [2.05, 4.69) is 15.5 Å². The first-order valence-electron chi connectivity index (χ1n) is 9.15. The van der Waals surface area contributed by atoms with Gasteiger partial charge in [0.15, 0.2) is 0 Å². The van der Waals surface area contributed by atoms with E-state index in [9.17, 15) is 29.8 Å². The third-order valence-electron chi connectivity index (χ3n) is 5.03. The number of carbonyl (C=O) groups is 2. The molecule has 0 bridgehead atoms. The molecule has 1 N–H and O–H groups in total. The molecular formula is C19H14N6O7. The Bertz CT molecular complexity index is 1240. The number of hydrogen-bond donors (Lipinski definition) is 1. The molecule has 2 heterocycles. The van der Waals surface area contributed by atoms with Gasteiger partial charge < -0.3 is 9.84 Å². The second-order valence-corrected chi connectivity index (χ2v) is 7.07. The molecule has 1 saturated heterocycles. The minimum absolute atomic E-state index is 0.0187. The number of non-ortho nitro benzene ring substituents is 2. The lowest BCUT2D eigenvalue weighted by Gasteiger charge is -2.21. The van der Waals surface area contributed by atoms with E-state index in [1.165, 1.54) is 55.5 Å². The van der Waals surface area contributed by atoms with Gasteiger partial charge in [-0.2, -0.15) is 4.98 Å². The highest BCUT2D eigenvalue weighted by atomic mass is 16.6. The van der Waals surface area contributed by atoms with Gasteiger partial charge in [0.2, 0.25) is 11.7 Å². The molecule has 1 aliphatic heterocycles. The number of benzene rings is 2. The number of nitrogens with one attached hydrogen (secondary N) is 1. The fourth-order valence-corrected chi connectivity index (χ4v) is 3.26. The number of nitrogens with zero attached hydrogens (tertiary/aromatic N) is 5. The van der Waals surface area contributed by atoms with Crippen LogP contribution in [0.2, 0.25) is 0 Å². The van der Waals surface area contributed by atoms with Crippen molar-refractivity contribution in [3.8, 4) is 11.4 Å². The maximum absolute atomic E-state index is 13.0. The Morgan fingerprint density at radius 2 is 1.56 bits per heavy atom. The van der Waals surface area contributed by atoms with Gasteiger partial charge in [-0.1, -0.05) is 5.16 Å². The summed E-state index contributed by atoms with van der Waals surface area (Å²) in [7, 11) is 0. The number of nitro benzene ring substituents is 2. The fraction of sp³-hybridized carbons (Fsp3) is 0.158. The normalized spacial score (nSPS) is 18.0. The quantitative estimate of drug-likeness (QED) is 0.344. The second kappa shape index (κ2) is 7.54. The number of hydrogen-bond acceptors (Lipinski definition) is 9. The topological polar surface area (TPSA) is 175 Å². The van der Waals surface area contributed by atoms with Crippen LogP contribution >= 0.6 is 0 Å². The molecule has 0 aliphatic carbocycles. The lowest BCUT2D eigenvalue weighted by Crippen LogP contribution is -2.40. The molecule has 2 aromatic carbocycles. The SMILES string of the molecule is CC1(c2ccc([N+](=O)[O-])cc2)NC(=O)N(Cc2nc(-c3ccc([N+](=O)[O-])cc3)no2)C1=O. The minimum Gasteiger partial charge on any atom is -0.337 e. The highest BCUT2D eigenvalue weighted by Gasteiger charge is 2.49. The van der Waals surface area contributed by atoms with Gasteiger partial charge in [-0.3, -0.25) is 29.9 Å². The molecule has 1 fully saturated rings. The second-order valence-electron chi connectivity index (χ2n) is 7.07. The lowest BCUT2D eigenvalue weighted by atomic mass is 9.92. The van der Waals surface area contributed by atoms with Crippen molar-refractivity contribution in [3.05, 3.63) is 80.2 Å². The third-order valence-corrected chi connectivity index (χ3v) is 5.03. The van der Waals surface area contributed by atoms with E-state index in [0.717, 1.165) is 4.90 Å². The van der Waals surface area contributed by atoms with Crippen molar-refractivity contribution in [2.75, 3.05) is 0 Å². The van der Waals surface area contributed by atoms with Gasteiger partial charge >= 0.3 is 6.03 Å². The Labute approximate surface area is 178 Å². The van der Waals surface area contributed by atoms with Crippen LogP contribution in [0.4, 0.5) is 16.2 Å². The molecule has 0 saturated carbocycles. The van der Waals surface area contributed by atoms with Crippen LogP contribution in [0.15, 0.2) is 53.1 Å². The molecule has 4 rings (SSSR count). The summed E-state index contributed by atoms with van der Waals surface area (Å²) < 4.78 is 5.13. The van der Waals surface area contributed by atoms with Crippen molar-refractivity contribution in [2.24, 2.45) is 0 Å². The first-order valence-corrected chi connectivity index (χ1v) is 9.15. The van der Waals surface area contributed by atoms with Gasteiger partial charge in [-0.05, 0) is 36.8 Å². The maximum atomic E-state index is 13.0. The Morgan fingerprint density at radius 1 is 1.00 bits per heavy atom. The summed E-state index contributed by atoms with van der Waals surface area (Å²) in [6.45, 7) is 1.19. The summed E-state index contributed by atoms with van der Waals surface area (Å²) in [6.07, 6.45) is 0. The molecular weight excluding hydrogens is 424 g/mol. The Hall–Kier alpha value is -4.68. The van der Waals surface area contributed by atoms with Crippen molar-refractivity contribution < 1.29 is 24.0 Å². The molecule has 0 spiro atoms. The number of urea groups is 1. The van der Waals surface area contributed by atoms with Crippen LogP contribution in [0.5, 0.6) is 0 Å². The molecule has 32 heavy (non-hydrogen) atoms. The smallest absolute Gasteiger partial charge is 0.325 e. The molecule has 3 amide bonds. The molecule has 162 valence electrons. The Balaban J connectivity index is 1.53. The maximum Gasteiger partial charge on any atom is 0.325 e. The van der Waals surface area contributed by atoms with E-state index in [4.69, 9.17) is 4.52 Å². The first-order chi connectivity index (χ1) is 15.2. The van der Waals surface area contributed by atoms with Gasteiger partial charge in [0.05, 0.1) is 9.85 Å². The van der Waals surface area contributed by atoms with E-state index in [-0.39, 0.29) is 29.6 Å². The van der Waals surface area contributed by atoms with E-state index in [1.54, 1.807) is 0 Å². The monoisotopic (exact) mass is 438 g/mol. The molecule has 1 atom stereocenters. The summed E-state index contributed by atoms with van der Waals surface area (Å²) >= 11 is 0.